The molecule has 1 saturated heterocycles. The van der Waals surface area contributed by atoms with Gasteiger partial charge in [0.15, 0.2) is 11.6 Å². The van der Waals surface area contributed by atoms with Gasteiger partial charge < -0.3 is 20.3 Å². The zero-order chi connectivity index (χ0) is 21.6. The number of rotatable bonds is 5. The molecule has 2 aromatic carbocycles. The summed E-state index contributed by atoms with van der Waals surface area (Å²) in [7, 11) is 0. The van der Waals surface area contributed by atoms with E-state index in [9.17, 15) is 19.4 Å². The maximum atomic E-state index is 13.8. The molecule has 1 aliphatic carbocycles. The highest BCUT2D eigenvalue weighted by molar-refractivity contribution is 5.93. The number of carbonyl (C=O) groups excluding carboxylic acids is 1. The minimum atomic E-state index is -1.18. The van der Waals surface area contributed by atoms with Crippen LogP contribution in [0.5, 0.6) is 5.75 Å². The van der Waals surface area contributed by atoms with Gasteiger partial charge in [0.2, 0.25) is 5.91 Å². The summed E-state index contributed by atoms with van der Waals surface area (Å²) in [5.74, 6) is 0.0853. The molecule has 0 spiro atoms. The van der Waals surface area contributed by atoms with Gasteiger partial charge in [-0.25, -0.2) is 4.39 Å². The van der Waals surface area contributed by atoms with Gasteiger partial charge in [0.25, 0.3) is 0 Å². The molecule has 0 bridgehead atoms. The van der Waals surface area contributed by atoms with Crippen molar-refractivity contribution in [3.05, 3.63) is 82.9 Å². The first-order valence-corrected chi connectivity index (χ1v) is 10.3. The van der Waals surface area contributed by atoms with Crippen LogP contribution in [0.4, 0.5) is 10.1 Å². The van der Waals surface area contributed by atoms with Gasteiger partial charge in [0, 0.05) is 31.7 Å². The fourth-order valence-electron chi connectivity index (χ4n) is 4.44. The summed E-state index contributed by atoms with van der Waals surface area (Å²) in [5.41, 5.74) is 2.19. The maximum absolute atomic E-state index is 13.8. The maximum Gasteiger partial charge on any atom is 0.224 e. The number of hydrogen-bond acceptors (Lipinski definition) is 5. The Labute approximate surface area is 179 Å². The molecule has 2 aliphatic heterocycles. The fourth-order valence-corrected chi connectivity index (χ4v) is 4.44. The highest BCUT2D eigenvalue weighted by Gasteiger charge is 2.43. The molecule has 2 aromatic rings. The van der Waals surface area contributed by atoms with E-state index in [1.54, 1.807) is 30.4 Å². The van der Waals surface area contributed by atoms with Crippen LogP contribution in [-0.2, 0) is 11.2 Å². The van der Waals surface area contributed by atoms with Crippen molar-refractivity contribution >= 4 is 11.6 Å². The molecular formula is C24H23FN2O4. The van der Waals surface area contributed by atoms with Crippen molar-refractivity contribution in [2.75, 3.05) is 25.0 Å². The lowest BCUT2D eigenvalue weighted by atomic mass is 9.98. The number of β-amino-alcohol motifs (C(OH)–C–C–N with tert-alkyl or cyclic N) is 2. The highest BCUT2D eigenvalue weighted by Crippen LogP contribution is 2.37. The molecule has 1 amide bonds. The minimum Gasteiger partial charge on any atom is -0.455 e. The van der Waals surface area contributed by atoms with Crippen LogP contribution >= 0.6 is 0 Å². The Morgan fingerprint density at radius 3 is 2.87 bits per heavy atom. The molecule has 0 aromatic heterocycles. The van der Waals surface area contributed by atoms with Gasteiger partial charge in [0.1, 0.15) is 11.4 Å². The molecule has 0 radical (unpaired) electrons. The highest BCUT2D eigenvalue weighted by atomic mass is 19.1. The Morgan fingerprint density at radius 1 is 1.23 bits per heavy atom. The molecule has 3 N–H and O–H groups in total. The third kappa shape index (κ3) is 3.87. The van der Waals surface area contributed by atoms with E-state index in [0.717, 1.165) is 22.4 Å². The Morgan fingerprint density at radius 2 is 2.06 bits per heavy atom. The Bertz CT molecular complexity index is 1110. The predicted octanol–water partition coefficient (Wildman–Crippen LogP) is 2.69. The van der Waals surface area contributed by atoms with Crippen molar-refractivity contribution in [1.82, 2.24) is 4.90 Å². The number of fused-ring (bicyclic) bond motifs is 2. The lowest BCUT2D eigenvalue weighted by molar-refractivity contribution is -0.116. The van der Waals surface area contributed by atoms with Crippen molar-refractivity contribution < 1.29 is 24.1 Å². The second-order valence-electron chi connectivity index (χ2n) is 8.32. The first-order chi connectivity index (χ1) is 14.9. The summed E-state index contributed by atoms with van der Waals surface area (Å²) in [6.45, 7) is 1.17. The number of halogens is 1. The molecule has 1 fully saturated rings. The average Bonchev–Trinajstić information content (AvgIpc) is 3.19. The smallest absolute Gasteiger partial charge is 0.224 e. The molecule has 6 nitrogen and oxygen atoms in total. The predicted molar refractivity (Wildman–Crippen MR) is 113 cm³/mol. The summed E-state index contributed by atoms with van der Waals surface area (Å²) in [6.07, 6.45) is 3.73. The number of nitrogens with one attached hydrogen (secondary N) is 1. The van der Waals surface area contributed by atoms with Crippen LogP contribution in [-0.4, -0.2) is 46.3 Å². The number of hydrogen-bond donors (Lipinski definition) is 3. The fraction of sp³-hybridized carbons (Fsp3) is 0.292. The van der Waals surface area contributed by atoms with E-state index in [2.05, 4.69) is 5.32 Å². The number of aliphatic hydroxyl groups excluding tert-OH is 1. The second-order valence-corrected chi connectivity index (χ2v) is 8.32. The summed E-state index contributed by atoms with van der Waals surface area (Å²) >= 11 is 0. The van der Waals surface area contributed by atoms with Gasteiger partial charge in [-0.2, -0.15) is 0 Å². The zero-order valence-electron chi connectivity index (χ0n) is 16.8. The van der Waals surface area contributed by atoms with Crippen molar-refractivity contribution in [2.45, 2.75) is 24.5 Å². The number of anilines is 1. The summed E-state index contributed by atoms with van der Waals surface area (Å²) < 4.78 is 19.4. The molecular weight excluding hydrogens is 399 g/mol. The van der Waals surface area contributed by atoms with Gasteiger partial charge in [-0.3, -0.25) is 9.69 Å². The average molecular weight is 422 g/mol. The molecule has 3 aliphatic rings. The second kappa shape index (κ2) is 7.60. The molecule has 5 rings (SSSR count). The van der Waals surface area contributed by atoms with Crippen molar-refractivity contribution in [1.29, 1.82) is 0 Å². The first kappa shape index (κ1) is 19.9. The van der Waals surface area contributed by atoms with E-state index in [1.165, 1.54) is 6.07 Å². The standard InChI is InChI=1S/C24H23FN2O4/c25-19-3-1-2-4-22(19)31-18-10-17-12-27(14-24(17,30)11-18)13-21(28)16-5-7-20-15(9-16)6-8-23(29)26-20/h1-5,7,9-11,21,28,30H,6,8,12-14H2,(H,26,29)/t21-,24-/m1/s1. The number of ether oxygens (including phenoxy) is 1. The number of para-hydroxylation sites is 1. The van der Waals surface area contributed by atoms with Crippen LogP contribution in [0, 0.1) is 5.82 Å². The van der Waals surface area contributed by atoms with Crippen molar-refractivity contribution in [2.24, 2.45) is 0 Å². The van der Waals surface area contributed by atoms with Gasteiger partial charge in [-0.05, 0) is 53.5 Å². The molecule has 0 unspecified atom stereocenters. The number of benzene rings is 2. The number of nitrogens with zero attached hydrogens (tertiary/aromatic N) is 1. The van der Waals surface area contributed by atoms with Gasteiger partial charge in [-0.15, -0.1) is 0 Å². The number of allylic oxidation sites excluding steroid dienone is 1. The SMILES string of the molecule is O=C1CCc2cc([C@H](O)CN3CC4=CC(Oc5ccccc5F)=C[C@@]4(O)C3)ccc2N1. The quantitative estimate of drug-likeness (QED) is 0.690. The number of aryl methyl sites for hydroxylation is 1. The van der Waals surface area contributed by atoms with Crippen LogP contribution in [0.1, 0.15) is 23.7 Å². The molecule has 2 heterocycles. The topological polar surface area (TPSA) is 82.0 Å². The van der Waals surface area contributed by atoms with Gasteiger partial charge in [0.05, 0.1) is 6.10 Å². The Hall–Kier alpha value is -3.00. The van der Waals surface area contributed by atoms with Crippen molar-refractivity contribution in [3.63, 3.8) is 0 Å². The van der Waals surface area contributed by atoms with Crippen LogP contribution < -0.4 is 10.1 Å². The van der Waals surface area contributed by atoms with Crippen LogP contribution in [0.3, 0.4) is 0 Å². The van der Waals surface area contributed by atoms with E-state index in [4.69, 9.17) is 4.74 Å². The van der Waals surface area contributed by atoms with Crippen LogP contribution in [0.25, 0.3) is 0 Å². The van der Waals surface area contributed by atoms with Crippen LogP contribution in [0.2, 0.25) is 0 Å². The monoisotopic (exact) mass is 422 g/mol. The number of amides is 1. The lowest BCUT2D eigenvalue weighted by Crippen LogP contribution is -2.33. The number of aliphatic hydroxyl groups is 2. The Kier molecular flexibility index (Phi) is 4.89. The summed E-state index contributed by atoms with van der Waals surface area (Å²) in [5, 5.41) is 24.6. The van der Waals surface area contributed by atoms with E-state index in [-0.39, 0.29) is 11.7 Å². The van der Waals surface area contributed by atoms with Gasteiger partial charge >= 0.3 is 0 Å². The molecule has 160 valence electrons. The number of carbonyl (C=O) groups is 1. The molecule has 31 heavy (non-hydrogen) atoms. The molecule has 0 saturated carbocycles. The lowest BCUT2D eigenvalue weighted by Gasteiger charge is -2.23. The van der Waals surface area contributed by atoms with E-state index < -0.39 is 17.5 Å². The normalized spacial score (nSPS) is 23.5. The summed E-state index contributed by atoms with van der Waals surface area (Å²) in [6, 6.07) is 11.7. The number of likely N-dealkylation sites (tertiary alicyclic amines) is 1. The van der Waals surface area contributed by atoms with E-state index >= 15 is 0 Å². The minimum absolute atomic E-state index is 0.0114. The third-order valence-electron chi connectivity index (χ3n) is 6.02. The first-order valence-electron chi connectivity index (χ1n) is 10.3. The zero-order valence-corrected chi connectivity index (χ0v) is 16.8. The van der Waals surface area contributed by atoms with Crippen LogP contribution in [0.15, 0.2) is 65.9 Å². The van der Waals surface area contributed by atoms with Crippen molar-refractivity contribution in [3.8, 4) is 5.75 Å². The summed E-state index contributed by atoms with van der Waals surface area (Å²) in [4.78, 5) is 13.5. The van der Waals surface area contributed by atoms with Gasteiger partial charge in [-0.1, -0.05) is 24.3 Å². The largest absolute Gasteiger partial charge is 0.455 e. The molecule has 2 atom stereocenters. The third-order valence-corrected chi connectivity index (χ3v) is 6.02. The molecule has 7 heteroatoms. The van der Waals surface area contributed by atoms with E-state index in [0.29, 0.717) is 38.2 Å². The Balaban J connectivity index is 1.24. The van der Waals surface area contributed by atoms with E-state index in [1.807, 2.05) is 23.1 Å².